The first-order valence-electron chi connectivity index (χ1n) is 5.12. The van der Waals surface area contributed by atoms with Crippen LogP contribution in [0.5, 0.6) is 0 Å². The number of imide groups is 3. The van der Waals surface area contributed by atoms with Crippen molar-refractivity contribution in [2.75, 3.05) is 0 Å². The zero-order chi connectivity index (χ0) is 13.4. The van der Waals surface area contributed by atoms with Crippen molar-refractivity contribution < 1.29 is 19.2 Å². The van der Waals surface area contributed by atoms with Gasteiger partial charge >= 0.3 is 18.1 Å². The molecule has 0 unspecified atom stereocenters. The van der Waals surface area contributed by atoms with Crippen LogP contribution in [0.2, 0.25) is 0 Å². The fourth-order valence-corrected chi connectivity index (χ4v) is 1.15. The van der Waals surface area contributed by atoms with Crippen LogP contribution >= 0.6 is 0 Å². The van der Waals surface area contributed by atoms with Gasteiger partial charge in [-0.2, -0.15) is 0 Å². The second kappa shape index (κ2) is 7.20. The lowest BCUT2D eigenvalue weighted by Crippen LogP contribution is -2.50. The molecular weight excluding hydrogens is 228 g/mol. The van der Waals surface area contributed by atoms with Gasteiger partial charge in [0.15, 0.2) is 0 Å². The number of carbonyl (C=O) groups excluding carboxylic acids is 4. The third-order valence-corrected chi connectivity index (χ3v) is 2.06. The lowest BCUT2D eigenvalue weighted by molar-refractivity contribution is -0.124. The predicted octanol–water partition coefficient (Wildman–Crippen LogP) is 0.0367. The van der Waals surface area contributed by atoms with Gasteiger partial charge in [-0.25, -0.2) is 14.4 Å². The summed E-state index contributed by atoms with van der Waals surface area (Å²) >= 11 is 0. The van der Waals surface area contributed by atoms with E-state index in [0.717, 1.165) is 0 Å². The van der Waals surface area contributed by atoms with Crippen LogP contribution in [0.25, 0.3) is 0 Å². The van der Waals surface area contributed by atoms with Crippen LogP contribution in [0.3, 0.4) is 0 Å². The van der Waals surface area contributed by atoms with Gasteiger partial charge in [0.05, 0.1) is 0 Å². The monoisotopic (exact) mass is 244 g/mol. The molecule has 0 aromatic heterocycles. The predicted molar refractivity (Wildman–Crippen MR) is 58.9 cm³/mol. The van der Waals surface area contributed by atoms with Crippen LogP contribution in [0.1, 0.15) is 26.7 Å². The van der Waals surface area contributed by atoms with E-state index in [1.165, 1.54) is 0 Å². The summed E-state index contributed by atoms with van der Waals surface area (Å²) in [5, 5.41) is 5.33. The maximum Gasteiger partial charge on any atom is 0.330 e. The lowest BCUT2D eigenvalue weighted by atomic mass is 10.0. The molecule has 0 aliphatic heterocycles. The van der Waals surface area contributed by atoms with E-state index in [2.05, 4.69) is 5.73 Å². The number of urea groups is 3. The molecule has 7 amide bonds. The van der Waals surface area contributed by atoms with E-state index in [-0.39, 0.29) is 5.92 Å². The molecule has 0 aliphatic carbocycles. The Kier molecular flexibility index (Phi) is 6.30. The molecule has 5 N–H and O–H groups in total. The molecular formula is C9H16N4O4. The molecule has 17 heavy (non-hydrogen) atoms. The minimum Gasteiger partial charge on any atom is -0.351 e. The second-order valence-corrected chi connectivity index (χ2v) is 3.28. The summed E-state index contributed by atoms with van der Waals surface area (Å²) in [4.78, 5) is 43.7. The van der Waals surface area contributed by atoms with E-state index < -0.39 is 24.0 Å². The van der Waals surface area contributed by atoms with Crippen LogP contribution in [-0.4, -0.2) is 24.0 Å². The smallest absolute Gasteiger partial charge is 0.330 e. The van der Waals surface area contributed by atoms with Crippen LogP contribution in [0.15, 0.2) is 0 Å². The Morgan fingerprint density at radius 3 is 1.82 bits per heavy atom. The first kappa shape index (κ1) is 14.9. The molecule has 0 atom stereocenters. The average Bonchev–Trinajstić information content (AvgIpc) is 2.17. The van der Waals surface area contributed by atoms with Crippen LogP contribution in [0.4, 0.5) is 14.4 Å². The van der Waals surface area contributed by atoms with Gasteiger partial charge in [0.1, 0.15) is 0 Å². The highest BCUT2D eigenvalue weighted by molar-refractivity contribution is 6.05. The first-order valence-corrected chi connectivity index (χ1v) is 5.12. The Balaban J connectivity index is 4.14. The summed E-state index contributed by atoms with van der Waals surface area (Å²) < 4.78 is 0. The zero-order valence-corrected chi connectivity index (χ0v) is 9.70. The molecule has 0 aromatic carbocycles. The fraction of sp³-hybridized carbons (Fsp3) is 0.556. The Labute approximate surface area is 98.3 Å². The molecule has 0 aliphatic rings. The molecule has 0 spiro atoms. The quantitative estimate of drug-likeness (QED) is 0.558. The highest BCUT2D eigenvalue weighted by atomic mass is 16.2. The number of amides is 7. The van der Waals surface area contributed by atoms with E-state index in [9.17, 15) is 19.2 Å². The van der Waals surface area contributed by atoms with E-state index in [4.69, 9.17) is 0 Å². The number of rotatable bonds is 3. The summed E-state index contributed by atoms with van der Waals surface area (Å²) in [7, 11) is 0. The summed E-state index contributed by atoms with van der Waals surface area (Å²) in [5.74, 6) is -0.765. The largest absolute Gasteiger partial charge is 0.351 e. The van der Waals surface area contributed by atoms with Crippen LogP contribution in [-0.2, 0) is 4.79 Å². The van der Waals surface area contributed by atoms with Gasteiger partial charge in [-0.3, -0.25) is 20.7 Å². The van der Waals surface area contributed by atoms with Crippen molar-refractivity contribution in [2.24, 2.45) is 11.7 Å². The lowest BCUT2D eigenvalue weighted by Gasteiger charge is -2.11. The molecule has 0 fully saturated rings. The molecule has 96 valence electrons. The molecule has 8 heteroatoms. The molecule has 0 aromatic rings. The van der Waals surface area contributed by atoms with E-state index in [1.54, 1.807) is 10.6 Å². The SMILES string of the molecule is CCC(CC)C(=O)NC(=O)NC(=O)NC(N)=O. The van der Waals surface area contributed by atoms with Crippen molar-refractivity contribution in [1.29, 1.82) is 0 Å². The second-order valence-electron chi connectivity index (χ2n) is 3.28. The molecule has 0 radical (unpaired) electrons. The summed E-state index contributed by atoms with van der Waals surface area (Å²) in [6.45, 7) is 3.62. The van der Waals surface area contributed by atoms with Gasteiger partial charge in [0.25, 0.3) is 0 Å². The maximum absolute atomic E-state index is 11.4. The number of primary amides is 1. The van der Waals surface area contributed by atoms with Gasteiger partial charge in [-0.1, -0.05) is 13.8 Å². The molecule has 0 saturated carbocycles. The number of nitrogens with one attached hydrogen (secondary N) is 3. The summed E-state index contributed by atoms with van der Waals surface area (Å²) in [6, 6.07) is -3.19. The summed E-state index contributed by atoms with van der Waals surface area (Å²) in [6.07, 6.45) is 1.17. The highest BCUT2D eigenvalue weighted by Gasteiger charge is 2.18. The number of hydrogen-bond acceptors (Lipinski definition) is 4. The molecule has 0 bridgehead atoms. The number of carbonyl (C=O) groups is 4. The van der Waals surface area contributed by atoms with Crippen molar-refractivity contribution in [2.45, 2.75) is 26.7 Å². The van der Waals surface area contributed by atoms with Crippen molar-refractivity contribution in [3.05, 3.63) is 0 Å². The van der Waals surface area contributed by atoms with Crippen molar-refractivity contribution in [3.63, 3.8) is 0 Å². The third kappa shape index (κ3) is 6.13. The zero-order valence-electron chi connectivity index (χ0n) is 9.70. The van der Waals surface area contributed by atoms with Gasteiger partial charge < -0.3 is 5.73 Å². The average molecular weight is 244 g/mol. The van der Waals surface area contributed by atoms with Gasteiger partial charge in [0, 0.05) is 5.92 Å². The normalized spacial score (nSPS) is 9.59. The summed E-state index contributed by atoms with van der Waals surface area (Å²) in [5.41, 5.74) is 4.65. The fourth-order valence-electron chi connectivity index (χ4n) is 1.15. The Hall–Kier alpha value is -2.12. The Morgan fingerprint density at radius 2 is 1.41 bits per heavy atom. The van der Waals surface area contributed by atoms with E-state index in [1.807, 2.05) is 19.2 Å². The number of hydrogen-bond donors (Lipinski definition) is 4. The minimum atomic E-state index is -1.10. The van der Waals surface area contributed by atoms with E-state index in [0.29, 0.717) is 12.8 Å². The Bertz CT molecular complexity index is 325. The number of nitrogens with two attached hydrogens (primary N) is 1. The van der Waals surface area contributed by atoms with Crippen LogP contribution in [0, 0.1) is 5.92 Å². The first-order chi connectivity index (χ1) is 7.90. The topological polar surface area (TPSA) is 130 Å². The van der Waals surface area contributed by atoms with E-state index >= 15 is 0 Å². The van der Waals surface area contributed by atoms with Crippen molar-refractivity contribution in [1.82, 2.24) is 16.0 Å². The highest BCUT2D eigenvalue weighted by Crippen LogP contribution is 2.06. The van der Waals surface area contributed by atoms with Gasteiger partial charge in [-0.15, -0.1) is 0 Å². The van der Waals surface area contributed by atoms with Crippen molar-refractivity contribution in [3.8, 4) is 0 Å². The molecule has 0 heterocycles. The Morgan fingerprint density at radius 1 is 0.941 bits per heavy atom. The molecule has 0 rings (SSSR count). The third-order valence-electron chi connectivity index (χ3n) is 2.06. The van der Waals surface area contributed by atoms with Crippen LogP contribution < -0.4 is 21.7 Å². The minimum absolute atomic E-state index is 0.292. The van der Waals surface area contributed by atoms with Crippen molar-refractivity contribution >= 4 is 24.0 Å². The van der Waals surface area contributed by atoms with Gasteiger partial charge in [0.2, 0.25) is 5.91 Å². The van der Waals surface area contributed by atoms with Gasteiger partial charge in [-0.05, 0) is 12.8 Å². The molecule has 8 nitrogen and oxygen atoms in total. The maximum atomic E-state index is 11.4. The molecule has 0 saturated heterocycles. The standard InChI is InChI=1S/C9H16N4O4/c1-3-5(4-2)6(14)11-8(16)13-9(17)12-7(10)15/h5H,3-4H2,1-2H3,(H5,10,11,12,13,14,15,16,17).